The zero-order valence-electron chi connectivity index (χ0n) is 11.8. The second-order valence-corrected chi connectivity index (χ2v) is 6.32. The Morgan fingerprint density at radius 3 is 2.17 bits per heavy atom. The summed E-state index contributed by atoms with van der Waals surface area (Å²) in [6, 6.07) is 4.09. The maximum absolute atomic E-state index is 12.2. The third kappa shape index (κ3) is 3.85. The van der Waals surface area contributed by atoms with Crippen LogP contribution in [0.2, 0.25) is 0 Å². The lowest BCUT2D eigenvalue weighted by molar-refractivity contribution is 0.102. The minimum Gasteiger partial charge on any atom is -0.392 e. The SMILES string of the molecule is Cc1cc(C)c(C(=O)CSC(C)C(C)O)c(C)c1. The van der Waals surface area contributed by atoms with Gasteiger partial charge < -0.3 is 5.11 Å². The highest BCUT2D eigenvalue weighted by molar-refractivity contribution is 8.00. The number of aliphatic hydroxyl groups is 1. The molecular weight excluding hydrogens is 244 g/mol. The molecule has 0 amide bonds. The van der Waals surface area contributed by atoms with Crippen molar-refractivity contribution in [3.63, 3.8) is 0 Å². The second kappa shape index (κ2) is 6.39. The van der Waals surface area contributed by atoms with Crippen LogP contribution < -0.4 is 0 Å². The minimum atomic E-state index is -0.386. The van der Waals surface area contributed by atoms with Crippen LogP contribution in [-0.4, -0.2) is 28.0 Å². The van der Waals surface area contributed by atoms with Crippen molar-refractivity contribution in [2.45, 2.75) is 46.0 Å². The van der Waals surface area contributed by atoms with Crippen molar-refractivity contribution >= 4 is 17.5 Å². The van der Waals surface area contributed by atoms with Gasteiger partial charge in [-0.3, -0.25) is 4.79 Å². The van der Waals surface area contributed by atoms with E-state index in [2.05, 4.69) is 0 Å². The van der Waals surface area contributed by atoms with Crippen molar-refractivity contribution in [1.29, 1.82) is 0 Å². The third-order valence-electron chi connectivity index (χ3n) is 3.11. The predicted octanol–water partition coefficient (Wildman–Crippen LogP) is 3.30. The van der Waals surface area contributed by atoms with Crippen LogP contribution in [0.25, 0.3) is 0 Å². The number of carbonyl (C=O) groups excluding carboxylic acids is 1. The average molecular weight is 266 g/mol. The average Bonchev–Trinajstić information content (AvgIpc) is 2.24. The van der Waals surface area contributed by atoms with Crippen molar-refractivity contribution in [2.75, 3.05) is 5.75 Å². The molecule has 1 rings (SSSR count). The largest absolute Gasteiger partial charge is 0.392 e. The molecule has 0 spiro atoms. The summed E-state index contributed by atoms with van der Waals surface area (Å²) < 4.78 is 0. The van der Waals surface area contributed by atoms with Gasteiger partial charge in [-0.05, 0) is 38.8 Å². The van der Waals surface area contributed by atoms with E-state index in [1.54, 1.807) is 6.92 Å². The molecule has 0 saturated carbocycles. The number of aryl methyl sites for hydroxylation is 3. The lowest BCUT2D eigenvalue weighted by atomic mass is 9.97. The molecule has 0 aliphatic carbocycles. The quantitative estimate of drug-likeness (QED) is 0.831. The summed E-state index contributed by atoms with van der Waals surface area (Å²) in [4.78, 5) is 12.2. The van der Waals surface area contributed by atoms with E-state index in [0.717, 1.165) is 16.7 Å². The molecule has 18 heavy (non-hydrogen) atoms. The van der Waals surface area contributed by atoms with Gasteiger partial charge in [-0.25, -0.2) is 0 Å². The number of aliphatic hydroxyl groups excluding tert-OH is 1. The first-order valence-electron chi connectivity index (χ1n) is 6.23. The van der Waals surface area contributed by atoms with Crippen molar-refractivity contribution in [1.82, 2.24) is 0 Å². The Bertz CT molecular complexity index is 415. The first-order chi connectivity index (χ1) is 8.32. The number of hydrogen-bond donors (Lipinski definition) is 1. The van der Waals surface area contributed by atoms with E-state index in [-0.39, 0.29) is 17.1 Å². The topological polar surface area (TPSA) is 37.3 Å². The summed E-state index contributed by atoms with van der Waals surface area (Å²) in [7, 11) is 0. The molecule has 1 aromatic rings. The van der Waals surface area contributed by atoms with E-state index in [4.69, 9.17) is 0 Å². The van der Waals surface area contributed by atoms with Gasteiger partial charge in [0.2, 0.25) is 0 Å². The highest BCUT2D eigenvalue weighted by Gasteiger charge is 2.16. The monoisotopic (exact) mass is 266 g/mol. The summed E-state index contributed by atoms with van der Waals surface area (Å²) in [6.45, 7) is 9.70. The fourth-order valence-electron chi connectivity index (χ4n) is 2.04. The molecule has 2 atom stereocenters. The van der Waals surface area contributed by atoms with Gasteiger partial charge in [-0.1, -0.05) is 24.6 Å². The smallest absolute Gasteiger partial charge is 0.173 e. The van der Waals surface area contributed by atoms with Gasteiger partial charge >= 0.3 is 0 Å². The number of ketones is 1. The van der Waals surface area contributed by atoms with Crippen LogP contribution in [-0.2, 0) is 0 Å². The fraction of sp³-hybridized carbons (Fsp3) is 0.533. The molecule has 3 heteroatoms. The minimum absolute atomic E-state index is 0.0833. The summed E-state index contributed by atoms with van der Waals surface area (Å²) in [6.07, 6.45) is -0.386. The normalized spacial score (nSPS) is 14.3. The zero-order valence-corrected chi connectivity index (χ0v) is 12.6. The van der Waals surface area contributed by atoms with E-state index >= 15 is 0 Å². The van der Waals surface area contributed by atoms with Gasteiger partial charge in [0.05, 0.1) is 11.9 Å². The van der Waals surface area contributed by atoms with Crippen LogP contribution in [0.3, 0.4) is 0 Å². The molecule has 0 heterocycles. The molecule has 0 aliphatic heterocycles. The van der Waals surface area contributed by atoms with Crippen LogP contribution >= 0.6 is 11.8 Å². The maximum atomic E-state index is 12.2. The van der Waals surface area contributed by atoms with E-state index in [1.807, 2.05) is 39.8 Å². The molecule has 0 aliphatic rings. The molecule has 1 aromatic carbocycles. The van der Waals surface area contributed by atoms with Crippen molar-refractivity contribution < 1.29 is 9.90 Å². The Balaban J connectivity index is 2.79. The Hall–Kier alpha value is -0.800. The van der Waals surface area contributed by atoms with Crippen LogP contribution in [0, 0.1) is 20.8 Å². The van der Waals surface area contributed by atoms with Gasteiger partial charge in [0, 0.05) is 10.8 Å². The highest BCUT2D eigenvalue weighted by atomic mass is 32.2. The molecule has 0 saturated heterocycles. The summed E-state index contributed by atoms with van der Waals surface area (Å²) >= 11 is 1.51. The number of benzene rings is 1. The molecular formula is C15H22O2S. The van der Waals surface area contributed by atoms with Crippen LogP contribution in [0.4, 0.5) is 0 Å². The van der Waals surface area contributed by atoms with Crippen molar-refractivity contribution in [3.05, 3.63) is 34.4 Å². The molecule has 100 valence electrons. The molecule has 2 unspecified atom stereocenters. The summed E-state index contributed by atoms with van der Waals surface area (Å²) in [5.41, 5.74) is 4.11. The Labute approximate surface area is 114 Å². The van der Waals surface area contributed by atoms with Crippen LogP contribution in [0.5, 0.6) is 0 Å². The Morgan fingerprint density at radius 1 is 1.22 bits per heavy atom. The van der Waals surface area contributed by atoms with Gasteiger partial charge in [-0.15, -0.1) is 11.8 Å². The summed E-state index contributed by atoms with van der Waals surface area (Å²) in [5.74, 6) is 0.582. The number of carbonyl (C=O) groups is 1. The molecule has 0 aromatic heterocycles. The fourth-order valence-corrected chi connectivity index (χ4v) is 2.88. The van der Waals surface area contributed by atoms with E-state index in [1.165, 1.54) is 17.3 Å². The van der Waals surface area contributed by atoms with Crippen LogP contribution in [0.15, 0.2) is 12.1 Å². The number of rotatable bonds is 5. The van der Waals surface area contributed by atoms with E-state index < -0.39 is 0 Å². The van der Waals surface area contributed by atoms with Gasteiger partial charge in [-0.2, -0.15) is 0 Å². The lowest BCUT2D eigenvalue weighted by Crippen LogP contribution is -2.18. The third-order valence-corrected chi connectivity index (χ3v) is 4.46. The van der Waals surface area contributed by atoms with Crippen molar-refractivity contribution in [3.8, 4) is 0 Å². The highest BCUT2D eigenvalue weighted by Crippen LogP contribution is 2.21. The first kappa shape index (κ1) is 15.3. The number of hydrogen-bond acceptors (Lipinski definition) is 3. The standard InChI is InChI=1S/C15H22O2S/c1-9-6-10(2)15(11(3)7-9)14(17)8-18-13(5)12(4)16/h6-7,12-13,16H,8H2,1-5H3. The van der Waals surface area contributed by atoms with Gasteiger partial charge in [0.15, 0.2) is 5.78 Å². The zero-order chi connectivity index (χ0) is 13.9. The van der Waals surface area contributed by atoms with Gasteiger partial charge in [0.1, 0.15) is 0 Å². The molecule has 0 radical (unpaired) electrons. The number of Topliss-reactive ketones (excluding diaryl/α,β-unsaturated/α-hetero) is 1. The molecule has 1 N–H and O–H groups in total. The van der Waals surface area contributed by atoms with Crippen LogP contribution in [0.1, 0.15) is 40.9 Å². The summed E-state index contributed by atoms with van der Waals surface area (Å²) in [5, 5.41) is 9.50. The first-order valence-corrected chi connectivity index (χ1v) is 7.28. The Kier molecular flexibility index (Phi) is 5.42. The maximum Gasteiger partial charge on any atom is 0.173 e. The second-order valence-electron chi connectivity index (χ2n) is 4.95. The Morgan fingerprint density at radius 2 is 1.72 bits per heavy atom. The van der Waals surface area contributed by atoms with Gasteiger partial charge in [0.25, 0.3) is 0 Å². The van der Waals surface area contributed by atoms with Crippen molar-refractivity contribution in [2.24, 2.45) is 0 Å². The molecule has 2 nitrogen and oxygen atoms in total. The predicted molar refractivity (Wildman–Crippen MR) is 78.6 cm³/mol. The number of thioether (sulfide) groups is 1. The molecule has 0 bridgehead atoms. The molecule has 0 fully saturated rings. The van der Waals surface area contributed by atoms with E-state index in [0.29, 0.717) is 5.75 Å². The lowest BCUT2D eigenvalue weighted by Gasteiger charge is -2.15. The van der Waals surface area contributed by atoms with E-state index in [9.17, 15) is 9.90 Å².